The number of aryl methyl sites for hydroxylation is 7. The molecule has 0 N–H and O–H groups in total. The minimum Gasteiger partial charge on any atom is -0.456 e. The van der Waals surface area contributed by atoms with Crippen molar-refractivity contribution in [1.29, 1.82) is 0 Å². The van der Waals surface area contributed by atoms with Gasteiger partial charge in [0.15, 0.2) is 0 Å². The van der Waals surface area contributed by atoms with Crippen molar-refractivity contribution < 1.29 is 8.83 Å². The van der Waals surface area contributed by atoms with E-state index in [0.29, 0.717) is 0 Å². The first kappa shape index (κ1) is 36.8. The lowest BCUT2D eigenvalue weighted by atomic mass is 10.0. The lowest BCUT2D eigenvalue weighted by molar-refractivity contribution is 0.651. The number of benzene rings is 9. The van der Waals surface area contributed by atoms with Gasteiger partial charge < -0.3 is 18.6 Å². The highest BCUT2D eigenvalue weighted by molar-refractivity contribution is 6.20. The van der Waals surface area contributed by atoms with Crippen molar-refractivity contribution in [2.45, 2.75) is 48.5 Å². The number of anilines is 6. The Hall–Kier alpha value is -7.30. The summed E-state index contributed by atoms with van der Waals surface area (Å²) in [5.74, 6) is 0. The molecule has 61 heavy (non-hydrogen) atoms. The quantitative estimate of drug-likeness (QED) is 0.168. The summed E-state index contributed by atoms with van der Waals surface area (Å²) in [6.45, 7) is 15.1. The van der Waals surface area contributed by atoms with Crippen molar-refractivity contribution in [3.8, 4) is 0 Å². The molecule has 11 aromatic rings. The van der Waals surface area contributed by atoms with E-state index in [1.807, 2.05) is 0 Å². The molecular formula is C57H46N2O2. The van der Waals surface area contributed by atoms with Crippen molar-refractivity contribution in [3.63, 3.8) is 0 Å². The molecule has 2 aromatic heterocycles. The summed E-state index contributed by atoms with van der Waals surface area (Å²) < 4.78 is 13.5. The summed E-state index contributed by atoms with van der Waals surface area (Å²) in [4.78, 5) is 4.71. The molecule has 0 amide bonds. The number of fused-ring (bicyclic) bond motifs is 8. The number of hydrogen-bond acceptors (Lipinski definition) is 4. The van der Waals surface area contributed by atoms with Gasteiger partial charge in [-0.05, 0) is 172 Å². The molecule has 0 atom stereocenters. The first-order valence-electron chi connectivity index (χ1n) is 21.1. The minimum atomic E-state index is 0.864. The molecule has 0 bridgehead atoms. The maximum atomic E-state index is 6.76. The van der Waals surface area contributed by atoms with Gasteiger partial charge in [0.25, 0.3) is 0 Å². The molecule has 4 nitrogen and oxygen atoms in total. The van der Waals surface area contributed by atoms with Crippen molar-refractivity contribution in [2.75, 3.05) is 9.80 Å². The molecular weight excluding hydrogens is 745 g/mol. The monoisotopic (exact) mass is 790 g/mol. The summed E-state index contributed by atoms with van der Waals surface area (Å²) in [5, 5.41) is 9.00. The highest BCUT2D eigenvalue weighted by Crippen LogP contribution is 2.44. The Morgan fingerprint density at radius 2 is 0.705 bits per heavy atom. The third-order valence-corrected chi connectivity index (χ3v) is 12.6. The van der Waals surface area contributed by atoms with E-state index in [9.17, 15) is 0 Å². The summed E-state index contributed by atoms with van der Waals surface area (Å²) in [5.41, 5.74) is 18.7. The second-order valence-corrected chi connectivity index (χ2v) is 17.1. The molecule has 9 aromatic carbocycles. The molecule has 0 fully saturated rings. The Labute approximate surface area is 355 Å². The second-order valence-electron chi connectivity index (χ2n) is 17.1. The van der Waals surface area contributed by atoms with Crippen LogP contribution in [0.15, 0.2) is 160 Å². The maximum Gasteiger partial charge on any atom is 0.142 e. The van der Waals surface area contributed by atoms with Gasteiger partial charge in [0.1, 0.15) is 22.3 Å². The van der Waals surface area contributed by atoms with Crippen LogP contribution in [0.2, 0.25) is 0 Å². The predicted octanol–water partition coefficient (Wildman–Crippen LogP) is 16.9. The SMILES string of the molecule is Cc1ccc(N(c2ccc3cc4c(cc3c2)oc2c(C)c3oc5cc6cc(N(c7ccc(C)cc7)c7ccc(C)cc7C)ccc6cc5c3cc24)c2ccc(C)cc2C)cc1. The second kappa shape index (κ2) is 13.9. The lowest BCUT2D eigenvalue weighted by Gasteiger charge is -2.27. The van der Waals surface area contributed by atoms with Crippen molar-refractivity contribution >= 4 is 99.5 Å². The summed E-state index contributed by atoms with van der Waals surface area (Å²) in [6, 6.07) is 55.7. The Balaban J connectivity index is 1.02. The minimum absolute atomic E-state index is 0.864. The summed E-state index contributed by atoms with van der Waals surface area (Å²) >= 11 is 0. The molecule has 296 valence electrons. The van der Waals surface area contributed by atoms with Gasteiger partial charge in [-0.25, -0.2) is 0 Å². The van der Waals surface area contributed by atoms with Crippen molar-refractivity contribution in [1.82, 2.24) is 0 Å². The van der Waals surface area contributed by atoms with Crippen LogP contribution in [0.4, 0.5) is 34.1 Å². The Morgan fingerprint density at radius 3 is 1.11 bits per heavy atom. The van der Waals surface area contributed by atoms with Gasteiger partial charge in [-0.2, -0.15) is 0 Å². The average molecular weight is 791 g/mol. The fourth-order valence-electron chi connectivity index (χ4n) is 9.42. The highest BCUT2D eigenvalue weighted by atomic mass is 16.3. The molecule has 0 radical (unpaired) electrons. The Morgan fingerprint density at radius 1 is 0.311 bits per heavy atom. The average Bonchev–Trinajstić information content (AvgIpc) is 3.79. The maximum absolute atomic E-state index is 6.76. The van der Waals surface area contributed by atoms with E-state index in [1.54, 1.807) is 0 Å². The molecule has 2 heterocycles. The molecule has 0 saturated heterocycles. The van der Waals surface area contributed by atoms with Gasteiger partial charge in [0.2, 0.25) is 0 Å². The van der Waals surface area contributed by atoms with Crippen LogP contribution < -0.4 is 9.80 Å². The molecule has 0 aliphatic carbocycles. The van der Waals surface area contributed by atoms with Gasteiger partial charge in [-0.1, -0.05) is 82.9 Å². The number of nitrogens with zero attached hydrogens (tertiary/aromatic N) is 2. The number of furan rings is 2. The molecule has 0 spiro atoms. The van der Waals surface area contributed by atoms with E-state index in [0.717, 1.165) is 83.0 Å². The summed E-state index contributed by atoms with van der Waals surface area (Å²) in [6.07, 6.45) is 0. The van der Waals surface area contributed by atoms with Crippen LogP contribution in [0, 0.1) is 48.5 Å². The van der Waals surface area contributed by atoms with Gasteiger partial charge in [-0.15, -0.1) is 0 Å². The van der Waals surface area contributed by atoms with Gasteiger partial charge in [-0.3, -0.25) is 0 Å². The van der Waals surface area contributed by atoms with E-state index in [4.69, 9.17) is 8.83 Å². The largest absolute Gasteiger partial charge is 0.456 e. The predicted molar refractivity (Wildman–Crippen MR) is 259 cm³/mol. The number of hydrogen-bond donors (Lipinski definition) is 0. The fraction of sp³-hybridized carbons (Fsp3) is 0.123. The first-order valence-corrected chi connectivity index (χ1v) is 21.1. The van der Waals surface area contributed by atoms with Gasteiger partial charge in [0, 0.05) is 61.2 Å². The van der Waals surface area contributed by atoms with Crippen LogP contribution in [0.1, 0.15) is 38.9 Å². The highest BCUT2D eigenvalue weighted by Gasteiger charge is 2.21. The van der Waals surface area contributed by atoms with Crippen LogP contribution in [-0.4, -0.2) is 0 Å². The van der Waals surface area contributed by atoms with Crippen LogP contribution in [0.3, 0.4) is 0 Å². The molecule has 0 unspecified atom stereocenters. The van der Waals surface area contributed by atoms with Crippen molar-refractivity contribution in [3.05, 3.63) is 191 Å². The lowest BCUT2D eigenvalue weighted by Crippen LogP contribution is -2.11. The standard InChI is InChI=1S/C57H46N2O2/c1-33-8-16-44(17-9-33)58(52-22-12-35(3)24-37(52)5)46-20-14-40-28-48-50-32-51-49-29-41-15-21-47(59(45-18-10-34(2)11-19-45)53-23-13-36(4)25-38(53)6)27-43(41)31-55(49)61-57(51)39(7)56(50)60-54(48)30-42(40)26-46/h8-32H,1-7H3. The normalized spacial score (nSPS) is 11.9. The van der Waals surface area contributed by atoms with Crippen LogP contribution in [0.25, 0.3) is 65.4 Å². The molecule has 4 heteroatoms. The molecule has 0 aliphatic heterocycles. The van der Waals surface area contributed by atoms with E-state index in [-0.39, 0.29) is 0 Å². The Bertz CT molecular complexity index is 3320. The topological polar surface area (TPSA) is 32.8 Å². The molecule has 0 aliphatic rings. The van der Waals surface area contributed by atoms with Crippen LogP contribution in [0.5, 0.6) is 0 Å². The van der Waals surface area contributed by atoms with Gasteiger partial charge >= 0.3 is 0 Å². The Kier molecular flexibility index (Phi) is 8.37. The zero-order chi connectivity index (χ0) is 41.7. The van der Waals surface area contributed by atoms with Crippen LogP contribution in [-0.2, 0) is 0 Å². The smallest absolute Gasteiger partial charge is 0.142 e. The van der Waals surface area contributed by atoms with E-state index < -0.39 is 0 Å². The third kappa shape index (κ3) is 6.13. The summed E-state index contributed by atoms with van der Waals surface area (Å²) in [7, 11) is 0. The van der Waals surface area contributed by atoms with Gasteiger partial charge in [0.05, 0.1) is 0 Å². The molecule has 0 saturated carbocycles. The van der Waals surface area contributed by atoms with E-state index in [1.165, 1.54) is 55.5 Å². The van der Waals surface area contributed by atoms with E-state index in [2.05, 4.69) is 210 Å². The third-order valence-electron chi connectivity index (χ3n) is 12.6. The zero-order valence-corrected chi connectivity index (χ0v) is 35.6. The number of rotatable bonds is 6. The van der Waals surface area contributed by atoms with Crippen molar-refractivity contribution in [2.24, 2.45) is 0 Å². The fourth-order valence-corrected chi connectivity index (χ4v) is 9.42. The molecule has 11 rings (SSSR count). The van der Waals surface area contributed by atoms with E-state index >= 15 is 0 Å². The first-order chi connectivity index (χ1) is 29.6. The van der Waals surface area contributed by atoms with Crippen LogP contribution >= 0.6 is 0 Å². The zero-order valence-electron chi connectivity index (χ0n) is 35.6.